The fourth-order valence-electron chi connectivity index (χ4n) is 2.50. The molecule has 20 heavy (non-hydrogen) atoms. The summed E-state index contributed by atoms with van der Waals surface area (Å²) in [4.78, 5) is 12.5. The normalized spacial score (nSPS) is 14.9. The predicted molar refractivity (Wildman–Crippen MR) is 80.6 cm³/mol. The van der Waals surface area contributed by atoms with Crippen LogP contribution in [0.15, 0.2) is 46.9 Å². The van der Waals surface area contributed by atoms with E-state index >= 15 is 0 Å². The fraction of sp³-hybridized carbons (Fsp3) is 0.235. The zero-order valence-electron chi connectivity index (χ0n) is 10.9. The zero-order valence-corrected chi connectivity index (χ0v) is 12.5. The van der Waals surface area contributed by atoms with Crippen molar-refractivity contribution in [1.82, 2.24) is 0 Å². The molecule has 0 amide bonds. The SMILES string of the molecule is O=C(c1cccc(C2CCC2)c1)c1cc(F)ccc1Br. The summed E-state index contributed by atoms with van der Waals surface area (Å²) in [5, 5.41) is 0. The molecule has 1 fully saturated rings. The van der Waals surface area contributed by atoms with Crippen molar-refractivity contribution in [2.24, 2.45) is 0 Å². The second kappa shape index (κ2) is 5.49. The Morgan fingerprint density at radius 1 is 1.15 bits per heavy atom. The van der Waals surface area contributed by atoms with Crippen molar-refractivity contribution < 1.29 is 9.18 Å². The van der Waals surface area contributed by atoms with Gasteiger partial charge in [-0.1, -0.05) is 40.5 Å². The largest absolute Gasteiger partial charge is 0.289 e. The van der Waals surface area contributed by atoms with E-state index in [1.807, 2.05) is 12.1 Å². The van der Waals surface area contributed by atoms with E-state index in [0.29, 0.717) is 21.5 Å². The summed E-state index contributed by atoms with van der Waals surface area (Å²) in [6.45, 7) is 0. The van der Waals surface area contributed by atoms with Crippen molar-refractivity contribution in [3.05, 3.63) is 69.4 Å². The second-order valence-corrected chi connectivity index (χ2v) is 6.06. The number of benzene rings is 2. The Hall–Kier alpha value is -1.48. The quantitative estimate of drug-likeness (QED) is 0.716. The third kappa shape index (κ3) is 2.55. The first-order valence-electron chi connectivity index (χ1n) is 6.75. The summed E-state index contributed by atoms with van der Waals surface area (Å²) >= 11 is 3.31. The third-order valence-corrected chi connectivity index (χ3v) is 4.59. The summed E-state index contributed by atoms with van der Waals surface area (Å²) in [5.41, 5.74) is 2.21. The van der Waals surface area contributed by atoms with Crippen LogP contribution in [0.3, 0.4) is 0 Å². The third-order valence-electron chi connectivity index (χ3n) is 3.90. The molecule has 0 bridgehead atoms. The van der Waals surface area contributed by atoms with Gasteiger partial charge in [0.2, 0.25) is 0 Å². The maximum Gasteiger partial charge on any atom is 0.194 e. The van der Waals surface area contributed by atoms with Gasteiger partial charge < -0.3 is 0 Å². The zero-order chi connectivity index (χ0) is 14.1. The highest BCUT2D eigenvalue weighted by molar-refractivity contribution is 9.10. The van der Waals surface area contributed by atoms with E-state index in [1.165, 1.54) is 37.0 Å². The van der Waals surface area contributed by atoms with Gasteiger partial charge in [0, 0.05) is 15.6 Å². The Labute approximate surface area is 126 Å². The van der Waals surface area contributed by atoms with E-state index < -0.39 is 5.82 Å². The molecule has 0 aromatic heterocycles. The lowest BCUT2D eigenvalue weighted by atomic mass is 9.79. The number of hydrogen-bond donors (Lipinski definition) is 0. The van der Waals surface area contributed by atoms with E-state index in [4.69, 9.17) is 0 Å². The Bertz CT molecular complexity index is 662. The number of halogens is 2. The molecule has 0 saturated heterocycles. The Morgan fingerprint density at radius 2 is 1.95 bits per heavy atom. The molecule has 1 aliphatic carbocycles. The van der Waals surface area contributed by atoms with Crippen molar-refractivity contribution >= 4 is 21.7 Å². The standard InChI is InChI=1S/C17H14BrFO/c18-16-8-7-14(19)10-15(16)17(20)13-6-2-5-12(9-13)11-3-1-4-11/h2,5-11H,1,3-4H2. The molecule has 102 valence electrons. The topological polar surface area (TPSA) is 17.1 Å². The lowest BCUT2D eigenvalue weighted by Crippen LogP contribution is -2.10. The minimum Gasteiger partial charge on any atom is -0.289 e. The van der Waals surface area contributed by atoms with Gasteiger partial charge >= 0.3 is 0 Å². The average Bonchev–Trinajstić information content (AvgIpc) is 2.39. The maximum absolute atomic E-state index is 13.3. The molecule has 0 N–H and O–H groups in total. The lowest BCUT2D eigenvalue weighted by molar-refractivity contribution is 0.103. The van der Waals surface area contributed by atoms with Crippen LogP contribution < -0.4 is 0 Å². The highest BCUT2D eigenvalue weighted by Gasteiger charge is 2.21. The molecule has 1 nitrogen and oxygen atoms in total. The number of carbonyl (C=O) groups excluding carboxylic acids is 1. The van der Waals surface area contributed by atoms with Gasteiger partial charge in [0.05, 0.1) is 0 Å². The monoisotopic (exact) mass is 332 g/mol. The van der Waals surface area contributed by atoms with Crippen LogP contribution in [0.2, 0.25) is 0 Å². The van der Waals surface area contributed by atoms with E-state index in [1.54, 1.807) is 12.1 Å². The van der Waals surface area contributed by atoms with Crippen LogP contribution in [-0.2, 0) is 0 Å². The molecule has 0 unspecified atom stereocenters. The first-order valence-corrected chi connectivity index (χ1v) is 7.54. The minimum atomic E-state index is -0.397. The lowest BCUT2D eigenvalue weighted by Gasteiger charge is -2.26. The van der Waals surface area contributed by atoms with Crippen LogP contribution in [0.5, 0.6) is 0 Å². The van der Waals surface area contributed by atoms with Gasteiger partial charge in [-0.05, 0) is 48.6 Å². The Morgan fingerprint density at radius 3 is 2.65 bits per heavy atom. The van der Waals surface area contributed by atoms with E-state index in [9.17, 15) is 9.18 Å². The highest BCUT2D eigenvalue weighted by atomic mass is 79.9. The van der Waals surface area contributed by atoms with Crippen molar-refractivity contribution in [1.29, 1.82) is 0 Å². The van der Waals surface area contributed by atoms with Crippen LogP contribution in [0.25, 0.3) is 0 Å². The Kier molecular flexibility index (Phi) is 3.70. The average molecular weight is 333 g/mol. The smallest absolute Gasteiger partial charge is 0.194 e. The van der Waals surface area contributed by atoms with E-state index in [-0.39, 0.29) is 5.78 Å². The molecule has 2 aromatic rings. The number of ketones is 1. The van der Waals surface area contributed by atoms with Gasteiger partial charge in [0.15, 0.2) is 5.78 Å². The molecule has 0 heterocycles. The summed E-state index contributed by atoms with van der Waals surface area (Å²) in [7, 11) is 0. The van der Waals surface area contributed by atoms with Crippen LogP contribution in [0.1, 0.15) is 46.7 Å². The molecule has 0 atom stereocenters. The van der Waals surface area contributed by atoms with E-state index in [2.05, 4.69) is 22.0 Å². The first-order chi connectivity index (χ1) is 9.65. The van der Waals surface area contributed by atoms with Crippen LogP contribution in [0.4, 0.5) is 4.39 Å². The minimum absolute atomic E-state index is 0.141. The molecule has 2 aromatic carbocycles. The molecule has 1 aliphatic rings. The van der Waals surface area contributed by atoms with Gasteiger partial charge in [-0.2, -0.15) is 0 Å². The van der Waals surface area contributed by atoms with Crippen molar-refractivity contribution in [3.63, 3.8) is 0 Å². The molecule has 0 radical (unpaired) electrons. The summed E-state index contributed by atoms with van der Waals surface area (Å²) in [6.07, 6.45) is 3.65. The summed E-state index contributed by atoms with van der Waals surface area (Å²) in [6, 6.07) is 11.9. The summed E-state index contributed by atoms with van der Waals surface area (Å²) in [5.74, 6) is 0.0444. The van der Waals surface area contributed by atoms with E-state index in [0.717, 1.165) is 0 Å². The number of carbonyl (C=O) groups is 1. The second-order valence-electron chi connectivity index (χ2n) is 5.21. The van der Waals surface area contributed by atoms with Gasteiger partial charge in [0.1, 0.15) is 5.82 Å². The van der Waals surface area contributed by atoms with Crippen molar-refractivity contribution in [2.75, 3.05) is 0 Å². The first kappa shape index (κ1) is 13.5. The van der Waals surface area contributed by atoms with Gasteiger partial charge in [-0.25, -0.2) is 4.39 Å². The van der Waals surface area contributed by atoms with Gasteiger partial charge in [0.25, 0.3) is 0 Å². The fourth-order valence-corrected chi connectivity index (χ4v) is 2.93. The van der Waals surface area contributed by atoms with Gasteiger partial charge in [-0.3, -0.25) is 4.79 Å². The molecule has 3 rings (SSSR count). The molecular weight excluding hydrogens is 319 g/mol. The van der Waals surface area contributed by atoms with Crippen LogP contribution in [-0.4, -0.2) is 5.78 Å². The number of hydrogen-bond acceptors (Lipinski definition) is 1. The molecule has 3 heteroatoms. The molecular formula is C17H14BrFO. The predicted octanol–water partition coefficient (Wildman–Crippen LogP) is 5.09. The molecule has 0 spiro atoms. The Balaban J connectivity index is 1.95. The van der Waals surface area contributed by atoms with Crippen molar-refractivity contribution in [2.45, 2.75) is 25.2 Å². The van der Waals surface area contributed by atoms with Crippen LogP contribution in [0, 0.1) is 5.82 Å². The molecule has 1 saturated carbocycles. The number of rotatable bonds is 3. The molecule has 0 aliphatic heterocycles. The maximum atomic E-state index is 13.3. The van der Waals surface area contributed by atoms with Crippen LogP contribution >= 0.6 is 15.9 Å². The highest BCUT2D eigenvalue weighted by Crippen LogP contribution is 2.36. The summed E-state index contributed by atoms with van der Waals surface area (Å²) < 4.78 is 13.9. The van der Waals surface area contributed by atoms with Crippen molar-refractivity contribution in [3.8, 4) is 0 Å². The van der Waals surface area contributed by atoms with Gasteiger partial charge in [-0.15, -0.1) is 0 Å².